The second kappa shape index (κ2) is 16.8. The predicted octanol–water partition coefficient (Wildman–Crippen LogP) is 6.39. The lowest BCUT2D eigenvalue weighted by Gasteiger charge is -2.29. The molecule has 1 N–H and O–H groups in total. The minimum absolute atomic E-state index is 0.0735. The van der Waals surface area contributed by atoms with Crippen LogP contribution in [0, 0.1) is 17.3 Å². The standard InChI is InChI=1S/C42H57N3O9S/c1-52-37-22-34-33-20-27(37)13-9-5-4-8-12-16-30(46)19-28-14-10-6-3-7-11-15-29-24-42(29,41(49)44-55(50,51)32-17-18-32)25-36(47)35-21-31(26-45(35)40(28)48)54-38(33)23-39(43-34)53-2/h20,22-23,28-29,31-32,35H,3-19,21,24-26H2,1-2H3,(H,44,49)/t28-,29-,31-,35+,42-/m1/s1. The molecular formula is C42H57N3O9S. The number of pyridine rings is 1. The zero-order chi connectivity index (χ0) is 38.7. The molecule has 1 aromatic carbocycles. The molecule has 0 spiro atoms. The first kappa shape index (κ1) is 39.5. The van der Waals surface area contributed by atoms with Gasteiger partial charge in [-0.2, -0.15) is 0 Å². The van der Waals surface area contributed by atoms with Gasteiger partial charge in [0.2, 0.25) is 27.7 Å². The lowest BCUT2D eigenvalue weighted by atomic mass is 9.89. The summed E-state index contributed by atoms with van der Waals surface area (Å²) in [6, 6.07) is 4.79. The summed E-state index contributed by atoms with van der Waals surface area (Å²) in [5.74, 6) is -0.0778. The van der Waals surface area contributed by atoms with Crippen molar-refractivity contribution in [2.45, 2.75) is 146 Å². The number of carbonyl (C=O) groups is 4. The Balaban J connectivity index is 1.24. The first-order valence-electron chi connectivity index (χ1n) is 20.6. The van der Waals surface area contributed by atoms with Gasteiger partial charge in [-0.3, -0.25) is 23.9 Å². The van der Waals surface area contributed by atoms with Crippen molar-refractivity contribution >= 4 is 44.3 Å². The van der Waals surface area contributed by atoms with Gasteiger partial charge in [-0.15, -0.1) is 0 Å². The Labute approximate surface area is 324 Å². The molecule has 2 amide bonds. The average Bonchev–Trinajstić information content (AvgIpc) is 4.09. The molecule has 300 valence electrons. The van der Waals surface area contributed by atoms with E-state index in [1.165, 1.54) is 7.11 Å². The molecule has 2 saturated carbocycles. The molecule has 4 fully saturated rings. The molecule has 55 heavy (non-hydrogen) atoms. The largest absolute Gasteiger partial charge is 0.496 e. The summed E-state index contributed by atoms with van der Waals surface area (Å²) in [5, 5.41) is 0.208. The lowest BCUT2D eigenvalue weighted by Crippen LogP contribution is -2.46. The summed E-state index contributed by atoms with van der Waals surface area (Å²) >= 11 is 0. The highest BCUT2D eigenvalue weighted by Gasteiger charge is 2.62. The first-order valence-corrected chi connectivity index (χ1v) is 22.2. The summed E-state index contributed by atoms with van der Waals surface area (Å²) in [6.45, 7) is 0.133. The Morgan fingerprint density at radius 3 is 2.33 bits per heavy atom. The summed E-state index contributed by atoms with van der Waals surface area (Å²) in [7, 11) is -0.628. The number of nitrogens with one attached hydrogen (secondary N) is 1. The van der Waals surface area contributed by atoms with Crippen molar-refractivity contribution in [3.05, 3.63) is 23.8 Å². The van der Waals surface area contributed by atoms with E-state index < -0.39 is 44.7 Å². The molecule has 2 aromatic rings. The van der Waals surface area contributed by atoms with Crippen LogP contribution >= 0.6 is 0 Å². The van der Waals surface area contributed by atoms with Crippen molar-refractivity contribution in [1.29, 1.82) is 0 Å². The maximum Gasteiger partial charge on any atom is 0.240 e. The number of methoxy groups -OCH3 is 2. The number of sulfonamides is 1. The van der Waals surface area contributed by atoms with E-state index in [-0.39, 0.29) is 49.2 Å². The van der Waals surface area contributed by atoms with E-state index in [9.17, 15) is 27.6 Å². The van der Waals surface area contributed by atoms with Crippen LogP contribution in [0.2, 0.25) is 0 Å². The predicted molar refractivity (Wildman–Crippen MR) is 206 cm³/mol. The van der Waals surface area contributed by atoms with E-state index in [4.69, 9.17) is 14.2 Å². The van der Waals surface area contributed by atoms with Gasteiger partial charge in [-0.05, 0) is 68.9 Å². The van der Waals surface area contributed by atoms with Gasteiger partial charge in [0.25, 0.3) is 0 Å². The normalized spacial score (nSPS) is 28.9. The molecule has 0 unspecified atom stereocenters. The highest BCUT2D eigenvalue weighted by Crippen LogP contribution is 2.59. The molecule has 13 heteroatoms. The van der Waals surface area contributed by atoms with Gasteiger partial charge in [-0.1, -0.05) is 51.4 Å². The van der Waals surface area contributed by atoms with Crippen molar-refractivity contribution < 1.29 is 41.8 Å². The third kappa shape index (κ3) is 8.97. The number of benzene rings is 1. The van der Waals surface area contributed by atoms with E-state index in [0.717, 1.165) is 93.7 Å². The number of aromatic nitrogens is 1. The summed E-state index contributed by atoms with van der Waals surface area (Å²) in [5.41, 5.74) is 0.531. The molecule has 2 saturated heterocycles. The summed E-state index contributed by atoms with van der Waals surface area (Å²) in [6.07, 6.45) is 12.9. The Hall–Kier alpha value is -3.74. The van der Waals surface area contributed by atoms with Crippen LogP contribution in [0.25, 0.3) is 10.9 Å². The SMILES string of the molecule is COc1cc2c3cc(c(OC)cc3n1)CCCCCCCC(=O)C[C@H]1CCCCCCC[C@@H]3C[C@@]3(C(=O)NS(=O)(=O)C3CC3)CC(=O)[C@@H]3C[C@H](CN3C1=O)O2. The second-order valence-corrected chi connectivity index (χ2v) is 18.7. The number of fused-ring (bicyclic) bond motifs is 4. The number of ketones is 2. The van der Waals surface area contributed by atoms with Crippen LogP contribution in [-0.2, 0) is 35.6 Å². The van der Waals surface area contributed by atoms with Crippen LogP contribution in [0.1, 0.15) is 128 Å². The highest BCUT2D eigenvalue weighted by molar-refractivity contribution is 7.90. The fourth-order valence-corrected chi connectivity index (χ4v) is 10.7. The van der Waals surface area contributed by atoms with Crippen molar-refractivity contribution in [2.24, 2.45) is 17.3 Å². The molecule has 12 nitrogen and oxygen atoms in total. The fourth-order valence-electron chi connectivity index (χ4n) is 9.30. The number of Topliss-reactive ketones (excluding diaryl/α,β-unsaturated/α-hetero) is 2. The molecule has 1 aromatic heterocycles. The zero-order valence-corrected chi connectivity index (χ0v) is 33.3. The van der Waals surface area contributed by atoms with Gasteiger partial charge in [0, 0.05) is 49.1 Å². The molecule has 2 aliphatic carbocycles. The van der Waals surface area contributed by atoms with Crippen LogP contribution in [0.5, 0.6) is 17.4 Å². The van der Waals surface area contributed by atoms with Crippen molar-refractivity contribution in [3.8, 4) is 17.4 Å². The number of nitrogens with zero attached hydrogens (tertiary/aromatic N) is 2. The van der Waals surface area contributed by atoms with Crippen molar-refractivity contribution in [1.82, 2.24) is 14.6 Å². The number of amides is 2. The van der Waals surface area contributed by atoms with Crippen molar-refractivity contribution in [3.63, 3.8) is 0 Å². The van der Waals surface area contributed by atoms with Crippen molar-refractivity contribution in [2.75, 3.05) is 20.8 Å². The lowest BCUT2D eigenvalue weighted by molar-refractivity contribution is -0.143. The molecule has 0 radical (unpaired) electrons. The van der Waals surface area contributed by atoms with Gasteiger partial charge < -0.3 is 19.1 Å². The minimum Gasteiger partial charge on any atom is -0.496 e. The first-order chi connectivity index (χ1) is 26.5. The van der Waals surface area contributed by atoms with E-state index in [2.05, 4.69) is 15.8 Å². The molecule has 7 rings (SSSR count). The maximum atomic E-state index is 14.7. The number of ether oxygens (including phenoxy) is 3. The zero-order valence-electron chi connectivity index (χ0n) is 32.4. The topological polar surface area (TPSA) is 158 Å². The van der Waals surface area contributed by atoms with Crippen LogP contribution < -0.4 is 18.9 Å². The van der Waals surface area contributed by atoms with Crippen LogP contribution in [0.3, 0.4) is 0 Å². The number of aryl methyl sites for hydroxylation is 1. The van der Waals surface area contributed by atoms with Crippen LogP contribution in [0.15, 0.2) is 18.2 Å². The fraction of sp³-hybridized carbons (Fsp3) is 0.690. The number of rotatable bonds is 5. The van der Waals surface area contributed by atoms with Gasteiger partial charge >= 0.3 is 0 Å². The molecule has 5 aliphatic rings. The molecule has 5 atom stereocenters. The Kier molecular flexibility index (Phi) is 12.0. The van der Waals surface area contributed by atoms with E-state index in [1.807, 2.05) is 6.07 Å². The van der Waals surface area contributed by atoms with E-state index in [0.29, 0.717) is 49.3 Å². The molecule has 4 heterocycles. The third-order valence-corrected chi connectivity index (χ3v) is 14.6. The molecule has 3 aliphatic heterocycles. The van der Waals surface area contributed by atoms with E-state index >= 15 is 0 Å². The Morgan fingerprint density at radius 1 is 0.891 bits per heavy atom. The Morgan fingerprint density at radius 2 is 1.60 bits per heavy atom. The second-order valence-electron chi connectivity index (χ2n) is 16.8. The van der Waals surface area contributed by atoms with Crippen LogP contribution in [-0.4, -0.2) is 79.8 Å². The van der Waals surface area contributed by atoms with Gasteiger partial charge in [-0.25, -0.2) is 13.4 Å². The summed E-state index contributed by atoms with van der Waals surface area (Å²) < 4.78 is 46.3. The van der Waals surface area contributed by atoms with E-state index in [1.54, 1.807) is 18.1 Å². The average molecular weight is 780 g/mol. The van der Waals surface area contributed by atoms with Gasteiger partial charge in [0.15, 0.2) is 5.78 Å². The summed E-state index contributed by atoms with van der Waals surface area (Å²) in [4.78, 5) is 62.9. The van der Waals surface area contributed by atoms with Gasteiger partial charge in [0.05, 0.1) is 43.0 Å². The number of hydrogen-bond donors (Lipinski definition) is 1. The Bertz CT molecular complexity index is 1900. The maximum absolute atomic E-state index is 14.7. The number of hydrogen-bond acceptors (Lipinski definition) is 10. The van der Waals surface area contributed by atoms with Crippen LogP contribution in [0.4, 0.5) is 0 Å². The van der Waals surface area contributed by atoms with Gasteiger partial charge in [0.1, 0.15) is 23.4 Å². The number of carbonyl (C=O) groups excluding carboxylic acids is 4. The minimum atomic E-state index is -3.81. The third-order valence-electron chi connectivity index (χ3n) is 12.8. The monoisotopic (exact) mass is 779 g/mol. The quantitative estimate of drug-likeness (QED) is 0.361. The molecular weight excluding hydrogens is 723 g/mol. The smallest absolute Gasteiger partial charge is 0.240 e. The highest BCUT2D eigenvalue weighted by atomic mass is 32.2. The molecule has 5 bridgehead atoms.